The summed E-state index contributed by atoms with van der Waals surface area (Å²) in [6.07, 6.45) is 3.92. The van der Waals surface area contributed by atoms with E-state index in [2.05, 4.69) is 19.2 Å². The van der Waals surface area contributed by atoms with Gasteiger partial charge in [0.15, 0.2) is 0 Å². The van der Waals surface area contributed by atoms with Gasteiger partial charge < -0.3 is 10.1 Å². The maximum absolute atomic E-state index is 5.12. The fraction of sp³-hybridized carbons (Fsp3) is 1.00. The second-order valence-electron chi connectivity index (χ2n) is 4.80. The van der Waals surface area contributed by atoms with Gasteiger partial charge in [0, 0.05) is 13.7 Å². The normalized spacial score (nSPS) is 24.4. The van der Waals surface area contributed by atoms with Crippen LogP contribution in [-0.4, -0.2) is 26.8 Å². The van der Waals surface area contributed by atoms with Crippen molar-refractivity contribution >= 4 is 0 Å². The van der Waals surface area contributed by atoms with Crippen LogP contribution in [0.25, 0.3) is 0 Å². The quantitative estimate of drug-likeness (QED) is 0.663. The first-order chi connectivity index (χ1) is 6.75. The molecule has 0 aromatic heterocycles. The monoisotopic (exact) mass is 199 g/mol. The molecule has 0 radical (unpaired) electrons. The van der Waals surface area contributed by atoms with Crippen molar-refractivity contribution in [3.8, 4) is 0 Å². The lowest BCUT2D eigenvalue weighted by Crippen LogP contribution is -2.23. The fourth-order valence-electron chi connectivity index (χ4n) is 2.62. The second-order valence-corrected chi connectivity index (χ2v) is 4.80. The average molecular weight is 199 g/mol. The minimum absolute atomic E-state index is 0.816. The van der Waals surface area contributed by atoms with E-state index < -0.39 is 0 Å². The van der Waals surface area contributed by atoms with Crippen LogP contribution < -0.4 is 5.32 Å². The van der Waals surface area contributed by atoms with Crippen molar-refractivity contribution in [1.29, 1.82) is 0 Å². The molecule has 2 unspecified atom stereocenters. The summed E-state index contributed by atoms with van der Waals surface area (Å²) in [5.74, 6) is 2.61. The molecule has 1 fully saturated rings. The molecule has 1 N–H and O–H groups in total. The third kappa shape index (κ3) is 3.58. The van der Waals surface area contributed by atoms with Crippen molar-refractivity contribution in [2.24, 2.45) is 17.8 Å². The molecule has 84 valence electrons. The third-order valence-corrected chi connectivity index (χ3v) is 3.45. The molecule has 14 heavy (non-hydrogen) atoms. The number of nitrogens with one attached hydrogen (secondary N) is 1. The van der Waals surface area contributed by atoms with Crippen molar-refractivity contribution in [2.75, 3.05) is 26.8 Å². The Morgan fingerprint density at radius 2 is 2.21 bits per heavy atom. The summed E-state index contributed by atoms with van der Waals surface area (Å²) in [5, 5.41) is 3.47. The van der Waals surface area contributed by atoms with Gasteiger partial charge in [0.05, 0.1) is 0 Å². The number of methoxy groups -OCH3 is 1. The van der Waals surface area contributed by atoms with E-state index in [4.69, 9.17) is 4.74 Å². The van der Waals surface area contributed by atoms with Crippen molar-refractivity contribution in [2.45, 2.75) is 33.1 Å². The summed E-state index contributed by atoms with van der Waals surface area (Å²) >= 11 is 0. The van der Waals surface area contributed by atoms with E-state index in [1.165, 1.54) is 32.4 Å². The molecule has 1 saturated heterocycles. The number of hydrogen-bond acceptors (Lipinski definition) is 2. The van der Waals surface area contributed by atoms with E-state index in [0.717, 1.165) is 24.4 Å². The molecular weight excluding hydrogens is 174 g/mol. The maximum Gasteiger partial charge on any atom is 0.0462 e. The Labute approximate surface area is 88.4 Å². The molecule has 1 aliphatic heterocycles. The minimum atomic E-state index is 0.816. The zero-order chi connectivity index (χ0) is 10.4. The highest BCUT2D eigenvalue weighted by Gasteiger charge is 2.26. The highest BCUT2D eigenvalue weighted by Crippen LogP contribution is 2.29. The highest BCUT2D eigenvalue weighted by molar-refractivity contribution is 4.80. The van der Waals surface area contributed by atoms with E-state index in [1.807, 2.05) is 0 Å². The van der Waals surface area contributed by atoms with Crippen LogP contribution in [0.3, 0.4) is 0 Å². The predicted octanol–water partition coefficient (Wildman–Crippen LogP) is 2.29. The Morgan fingerprint density at radius 1 is 1.43 bits per heavy atom. The summed E-state index contributed by atoms with van der Waals surface area (Å²) in [6.45, 7) is 8.09. The second kappa shape index (κ2) is 6.41. The Bertz CT molecular complexity index is 141. The average Bonchev–Trinajstić information content (AvgIpc) is 2.64. The number of ether oxygens (including phenoxy) is 1. The minimum Gasteiger partial charge on any atom is -0.385 e. The van der Waals surface area contributed by atoms with Gasteiger partial charge in [0.25, 0.3) is 0 Å². The molecule has 2 nitrogen and oxygen atoms in total. The number of hydrogen-bond donors (Lipinski definition) is 1. The van der Waals surface area contributed by atoms with E-state index >= 15 is 0 Å². The van der Waals surface area contributed by atoms with E-state index in [9.17, 15) is 0 Å². The van der Waals surface area contributed by atoms with Crippen LogP contribution in [-0.2, 0) is 4.74 Å². The third-order valence-electron chi connectivity index (χ3n) is 3.45. The molecule has 2 heteroatoms. The first-order valence-electron chi connectivity index (χ1n) is 5.95. The first-order valence-corrected chi connectivity index (χ1v) is 5.95. The largest absolute Gasteiger partial charge is 0.385 e. The summed E-state index contributed by atoms with van der Waals surface area (Å²) in [7, 11) is 1.79. The molecule has 0 bridgehead atoms. The van der Waals surface area contributed by atoms with Crippen LogP contribution in [0, 0.1) is 17.8 Å². The molecule has 0 amide bonds. The van der Waals surface area contributed by atoms with Gasteiger partial charge in [-0.1, -0.05) is 13.8 Å². The SMILES string of the molecule is COCCCC(C(C)C)C1CCNC1. The molecule has 2 atom stereocenters. The van der Waals surface area contributed by atoms with Crippen molar-refractivity contribution in [3.63, 3.8) is 0 Å². The Balaban J connectivity index is 2.30. The van der Waals surface area contributed by atoms with Gasteiger partial charge in [-0.2, -0.15) is 0 Å². The van der Waals surface area contributed by atoms with Crippen molar-refractivity contribution in [1.82, 2.24) is 5.32 Å². The molecule has 0 spiro atoms. The van der Waals surface area contributed by atoms with Gasteiger partial charge in [-0.15, -0.1) is 0 Å². The van der Waals surface area contributed by atoms with E-state index in [1.54, 1.807) is 7.11 Å². The van der Waals surface area contributed by atoms with E-state index in [-0.39, 0.29) is 0 Å². The molecule has 0 aromatic carbocycles. The maximum atomic E-state index is 5.12. The van der Waals surface area contributed by atoms with Crippen molar-refractivity contribution in [3.05, 3.63) is 0 Å². The van der Waals surface area contributed by atoms with E-state index in [0.29, 0.717) is 0 Å². The molecule has 0 saturated carbocycles. The van der Waals surface area contributed by atoms with Crippen LogP contribution in [0.15, 0.2) is 0 Å². The van der Waals surface area contributed by atoms with Crippen molar-refractivity contribution < 1.29 is 4.74 Å². The Morgan fingerprint density at radius 3 is 2.71 bits per heavy atom. The van der Waals surface area contributed by atoms with Crippen LogP contribution >= 0.6 is 0 Å². The zero-order valence-electron chi connectivity index (χ0n) is 9.88. The summed E-state index contributed by atoms with van der Waals surface area (Å²) < 4.78 is 5.12. The highest BCUT2D eigenvalue weighted by atomic mass is 16.5. The van der Waals surface area contributed by atoms with Crippen LogP contribution in [0.2, 0.25) is 0 Å². The lowest BCUT2D eigenvalue weighted by atomic mass is 9.80. The van der Waals surface area contributed by atoms with Crippen LogP contribution in [0.5, 0.6) is 0 Å². The smallest absolute Gasteiger partial charge is 0.0462 e. The van der Waals surface area contributed by atoms with Gasteiger partial charge in [-0.3, -0.25) is 0 Å². The van der Waals surface area contributed by atoms with Gasteiger partial charge in [0.2, 0.25) is 0 Å². The molecule has 1 aliphatic rings. The Hall–Kier alpha value is -0.0800. The molecule has 0 aliphatic carbocycles. The lowest BCUT2D eigenvalue weighted by molar-refractivity contribution is 0.168. The first kappa shape index (κ1) is 12.0. The molecule has 1 heterocycles. The summed E-state index contributed by atoms with van der Waals surface area (Å²) in [5.41, 5.74) is 0. The van der Waals surface area contributed by atoms with Gasteiger partial charge in [-0.25, -0.2) is 0 Å². The van der Waals surface area contributed by atoms with Crippen LogP contribution in [0.4, 0.5) is 0 Å². The summed E-state index contributed by atoms with van der Waals surface area (Å²) in [4.78, 5) is 0. The number of rotatable bonds is 6. The lowest BCUT2D eigenvalue weighted by Gasteiger charge is -2.26. The summed E-state index contributed by atoms with van der Waals surface area (Å²) in [6, 6.07) is 0. The standard InChI is InChI=1S/C12H25NO/c1-10(2)12(5-4-8-14-3)11-6-7-13-9-11/h10-13H,4-9H2,1-3H3. The Kier molecular flexibility index (Phi) is 5.49. The fourth-order valence-corrected chi connectivity index (χ4v) is 2.62. The van der Waals surface area contributed by atoms with Gasteiger partial charge in [0.1, 0.15) is 0 Å². The van der Waals surface area contributed by atoms with Gasteiger partial charge in [-0.05, 0) is 50.1 Å². The predicted molar refractivity (Wildman–Crippen MR) is 60.4 cm³/mol. The molecular formula is C12H25NO. The zero-order valence-corrected chi connectivity index (χ0v) is 9.88. The topological polar surface area (TPSA) is 21.3 Å². The van der Waals surface area contributed by atoms with Crippen LogP contribution in [0.1, 0.15) is 33.1 Å². The van der Waals surface area contributed by atoms with Gasteiger partial charge >= 0.3 is 0 Å². The molecule has 1 rings (SSSR count). The molecule has 0 aromatic rings.